The minimum absolute atomic E-state index is 0.0417. The molecule has 0 bridgehead atoms. The van der Waals surface area contributed by atoms with Crippen LogP contribution < -0.4 is 0 Å². The van der Waals surface area contributed by atoms with E-state index in [1.54, 1.807) is 28.8 Å². The minimum atomic E-state index is -2.25. The number of ether oxygens (including phenoxy) is 1. The van der Waals surface area contributed by atoms with Crippen molar-refractivity contribution in [2.45, 2.75) is 68.7 Å². The SMILES string of the molecule is C[C@@H](O[Si](C)(C)C(C)(C)C)[C@H]1C(=O)N(CC(=O)OCc2ccc([N+](=O)[O-])cc2)[C@@H]1SC(c1ccccc1)(c1ccccc1)c1ccccc1. The maximum absolute atomic E-state index is 14.1. The van der Waals surface area contributed by atoms with Crippen molar-refractivity contribution >= 4 is 37.6 Å². The first-order valence-electron chi connectivity index (χ1n) is 16.5. The summed E-state index contributed by atoms with van der Waals surface area (Å²) in [5.41, 5.74) is 3.72. The van der Waals surface area contributed by atoms with Gasteiger partial charge in [0.05, 0.1) is 27.1 Å². The Morgan fingerprint density at radius 2 is 1.33 bits per heavy atom. The number of esters is 1. The maximum atomic E-state index is 14.1. The molecule has 0 N–H and O–H groups in total. The van der Waals surface area contributed by atoms with Crippen molar-refractivity contribution in [1.29, 1.82) is 0 Å². The second kappa shape index (κ2) is 14.7. The van der Waals surface area contributed by atoms with Crippen LogP contribution in [0.3, 0.4) is 0 Å². The summed E-state index contributed by atoms with van der Waals surface area (Å²) >= 11 is 1.65. The topological polar surface area (TPSA) is 99.0 Å². The first kappa shape index (κ1) is 36.0. The van der Waals surface area contributed by atoms with Gasteiger partial charge in [-0.25, -0.2) is 0 Å². The number of carbonyl (C=O) groups excluding carboxylic acids is 2. The molecule has 49 heavy (non-hydrogen) atoms. The highest BCUT2D eigenvalue weighted by Gasteiger charge is 2.56. The van der Waals surface area contributed by atoms with E-state index in [0.29, 0.717) is 5.56 Å². The molecule has 4 aromatic rings. The zero-order chi connectivity index (χ0) is 35.4. The Morgan fingerprint density at radius 3 is 1.76 bits per heavy atom. The molecule has 4 aromatic carbocycles. The fraction of sp³-hybridized carbons (Fsp3) is 0.333. The Balaban J connectivity index is 1.52. The van der Waals surface area contributed by atoms with Gasteiger partial charge in [-0.1, -0.05) is 112 Å². The summed E-state index contributed by atoms with van der Waals surface area (Å²) in [5, 5.41) is 10.6. The smallest absolute Gasteiger partial charge is 0.326 e. The largest absolute Gasteiger partial charge is 0.459 e. The number of carbonyl (C=O) groups is 2. The molecule has 0 saturated carbocycles. The van der Waals surface area contributed by atoms with Crippen molar-refractivity contribution in [3.05, 3.63) is 148 Å². The molecule has 1 aliphatic rings. The lowest BCUT2D eigenvalue weighted by Gasteiger charge is -2.53. The summed E-state index contributed by atoms with van der Waals surface area (Å²) in [4.78, 5) is 39.7. The number of nitro groups is 1. The lowest BCUT2D eigenvalue weighted by Crippen LogP contribution is -2.66. The Bertz CT molecular complexity index is 1650. The van der Waals surface area contributed by atoms with Gasteiger partial charge >= 0.3 is 5.97 Å². The van der Waals surface area contributed by atoms with Gasteiger partial charge in [0, 0.05) is 12.1 Å². The molecule has 8 nitrogen and oxygen atoms in total. The molecule has 0 unspecified atom stereocenters. The number of nitrogens with zero attached hydrogens (tertiary/aromatic N) is 2. The van der Waals surface area contributed by atoms with Crippen molar-refractivity contribution < 1.29 is 23.7 Å². The van der Waals surface area contributed by atoms with Crippen LogP contribution in [0.4, 0.5) is 5.69 Å². The fourth-order valence-electron chi connectivity index (χ4n) is 5.97. The molecular weight excluding hydrogens is 653 g/mol. The Morgan fingerprint density at radius 1 is 0.857 bits per heavy atom. The average Bonchev–Trinajstić information content (AvgIpc) is 3.08. The number of amides is 1. The number of hydrogen-bond acceptors (Lipinski definition) is 7. The number of nitro benzene ring substituents is 1. The number of likely N-dealkylation sites (tertiary alicyclic amines) is 1. The summed E-state index contributed by atoms with van der Waals surface area (Å²) in [6, 6.07) is 36.7. The number of benzene rings is 4. The van der Waals surface area contributed by atoms with E-state index in [-0.39, 0.29) is 29.8 Å². The van der Waals surface area contributed by atoms with Crippen LogP contribution in [0, 0.1) is 16.0 Å². The first-order valence-corrected chi connectivity index (χ1v) is 20.2. The fourth-order valence-corrected chi connectivity index (χ4v) is 9.37. The zero-order valence-corrected chi connectivity index (χ0v) is 30.7. The Labute approximate surface area is 294 Å². The van der Waals surface area contributed by atoms with Gasteiger partial charge in [0.25, 0.3) is 5.69 Å². The number of β-lactam (4-membered cyclic amide) rings is 1. The van der Waals surface area contributed by atoms with E-state index in [0.717, 1.165) is 16.7 Å². The third-order valence-corrected chi connectivity index (χ3v) is 16.1. The van der Waals surface area contributed by atoms with Crippen LogP contribution in [-0.4, -0.2) is 48.0 Å². The molecule has 0 aromatic heterocycles. The molecule has 1 heterocycles. The van der Waals surface area contributed by atoms with E-state index in [1.165, 1.54) is 12.1 Å². The molecular formula is C39H44N2O6SSi. The highest BCUT2D eigenvalue weighted by molar-refractivity contribution is 8.01. The van der Waals surface area contributed by atoms with Crippen LogP contribution in [0.25, 0.3) is 0 Å². The van der Waals surface area contributed by atoms with Gasteiger partial charge in [0.2, 0.25) is 5.91 Å². The van der Waals surface area contributed by atoms with Gasteiger partial charge in [-0.15, -0.1) is 11.8 Å². The molecule has 5 rings (SSSR count). The Hall–Kier alpha value is -4.25. The predicted molar refractivity (Wildman–Crippen MR) is 196 cm³/mol. The third-order valence-electron chi connectivity index (χ3n) is 9.66. The molecule has 1 aliphatic heterocycles. The number of thioether (sulfide) groups is 1. The van der Waals surface area contributed by atoms with Crippen LogP contribution in [-0.2, 0) is 30.1 Å². The van der Waals surface area contributed by atoms with Gasteiger partial charge in [-0.05, 0) is 59.4 Å². The molecule has 0 spiro atoms. The standard InChI is InChI=1S/C39H44N2O6SSi/c1-28(47-49(5,6)38(2,3)4)35-36(43)40(26-34(42)46-27-29-22-24-33(25-23-29)41(44)45)37(35)48-39(30-16-10-7-11-17-30,31-18-12-8-13-19-31)32-20-14-9-15-21-32/h7-25,28,35,37H,26-27H2,1-6H3/t28-,35+,37-/m1/s1. The number of hydrogen-bond donors (Lipinski definition) is 0. The molecule has 3 atom stereocenters. The summed E-state index contributed by atoms with van der Waals surface area (Å²) in [5.74, 6) is -1.21. The molecule has 1 amide bonds. The van der Waals surface area contributed by atoms with Crippen molar-refractivity contribution in [3.8, 4) is 0 Å². The van der Waals surface area contributed by atoms with E-state index in [2.05, 4.69) is 70.3 Å². The normalized spacial score (nSPS) is 17.3. The molecule has 256 valence electrons. The average molecular weight is 697 g/mol. The first-order chi connectivity index (χ1) is 23.2. The van der Waals surface area contributed by atoms with E-state index in [4.69, 9.17) is 9.16 Å². The van der Waals surface area contributed by atoms with Crippen LogP contribution in [0.15, 0.2) is 115 Å². The lowest BCUT2D eigenvalue weighted by atomic mass is 9.84. The van der Waals surface area contributed by atoms with Crippen LogP contribution in [0.1, 0.15) is 49.9 Å². The predicted octanol–water partition coefficient (Wildman–Crippen LogP) is 8.56. The molecule has 1 saturated heterocycles. The van der Waals surface area contributed by atoms with Crippen molar-refractivity contribution in [1.82, 2.24) is 4.90 Å². The van der Waals surface area contributed by atoms with Crippen molar-refractivity contribution in [2.75, 3.05) is 6.54 Å². The second-order valence-electron chi connectivity index (χ2n) is 13.9. The van der Waals surface area contributed by atoms with Gasteiger partial charge in [-0.3, -0.25) is 19.7 Å². The number of non-ortho nitro benzene ring substituents is 1. The van der Waals surface area contributed by atoms with Crippen LogP contribution in [0.5, 0.6) is 0 Å². The van der Waals surface area contributed by atoms with E-state index >= 15 is 0 Å². The molecule has 0 aliphatic carbocycles. The second-order valence-corrected chi connectivity index (χ2v) is 20.0. The lowest BCUT2D eigenvalue weighted by molar-refractivity contribution is -0.384. The molecule has 0 radical (unpaired) electrons. The van der Waals surface area contributed by atoms with Gasteiger partial charge in [0.15, 0.2) is 8.32 Å². The molecule has 1 fully saturated rings. The third kappa shape index (κ3) is 7.66. The van der Waals surface area contributed by atoms with Crippen LogP contribution in [0.2, 0.25) is 18.1 Å². The Kier molecular flexibility index (Phi) is 10.8. The van der Waals surface area contributed by atoms with E-state index in [9.17, 15) is 19.7 Å². The van der Waals surface area contributed by atoms with Gasteiger partial charge in [0.1, 0.15) is 13.2 Å². The van der Waals surface area contributed by atoms with Crippen LogP contribution >= 0.6 is 11.8 Å². The van der Waals surface area contributed by atoms with Crippen molar-refractivity contribution in [3.63, 3.8) is 0 Å². The highest BCUT2D eigenvalue weighted by atomic mass is 32.2. The van der Waals surface area contributed by atoms with E-state index < -0.39 is 41.4 Å². The molecule has 10 heteroatoms. The monoisotopic (exact) mass is 696 g/mol. The maximum Gasteiger partial charge on any atom is 0.326 e. The van der Waals surface area contributed by atoms with Crippen molar-refractivity contribution in [2.24, 2.45) is 5.92 Å². The summed E-state index contributed by atoms with van der Waals surface area (Å²) < 4.78 is 11.7. The minimum Gasteiger partial charge on any atom is -0.459 e. The zero-order valence-electron chi connectivity index (χ0n) is 28.9. The summed E-state index contributed by atoms with van der Waals surface area (Å²) in [6.45, 7) is 12.6. The summed E-state index contributed by atoms with van der Waals surface area (Å²) in [7, 11) is -2.25. The highest BCUT2D eigenvalue weighted by Crippen LogP contribution is 2.55. The summed E-state index contributed by atoms with van der Waals surface area (Å²) in [6.07, 6.45) is -0.390. The van der Waals surface area contributed by atoms with Gasteiger partial charge in [-0.2, -0.15) is 0 Å². The van der Waals surface area contributed by atoms with Gasteiger partial charge < -0.3 is 14.1 Å². The van der Waals surface area contributed by atoms with E-state index in [1.807, 2.05) is 61.5 Å². The number of rotatable bonds is 13. The quantitative estimate of drug-likeness (QED) is 0.0345.